The molecule has 0 bridgehead atoms. The van der Waals surface area contributed by atoms with Crippen LogP contribution in [0.15, 0.2) is 97.1 Å². The Balaban J connectivity index is 0.000000545. The molecule has 0 aliphatic carbocycles. The van der Waals surface area contributed by atoms with Gasteiger partial charge in [0.1, 0.15) is 40.9 Å². The number of carbonyl (C=O) groups excluding carboxylic acids is 10. The number of primary amides is 2. The number of carbonyl (C=O) groups is 10. The third-order valence-corrected chi connectivity index (χ3v) is 13.1. The highest BCUT2D eigenvalue weighted by molar-refractivity contribution is 6.61. The van der Waals surface area contributed by atoms with E-state index in [0.717, 1.165) is 11.1 Å². The number of benzene rings is 4. The maximum absolute atomic E-state index is 13.4. The Morgan fingerprint density at radius 3 is 1.18 bits per heavy atom. The first-order valence-electron chi connectivity index (χ1n) is 29.6. The zero-order valence-corrected chi connectivity index (χ0v) is 54.6. The summed E-state index contributed by atoms with van der Waals surface area (Å²) in [4.78, 5) is 142. The SMILES string of the molecule is CC(C)[C@H](NC(=O)OC(C)(C)C)C(=O)C[C@@H](CCCNC(N)=O)C(=O)Cc1ccc(CO)cc1.CC(C)[C@H](NC(=O)OC(C)(C)C)C(=O)C[C@@H](CCCNC(N)=O)C(=O)Cc1ccc(COC(=O)Oc2ccc([N+](=O)[O-])cc2)cc1.O=C(Cl)Oc1ccc([N+](=O)[O-])cc1. The molecule has 9 N–H and O–H groups in total. The molecule has 93 heavy (non-hydrogen) atoms. The molecule has 0 heterocycles. The van der Waals surface area contributed by atoms with Crippen molar-refractivity contribution in [2.24, 2.45) is 35.1 Å². The summed E-state index contributed by atoms with van der Waals surface area (Å²) in [5.41, 5.74) is 10.4. The minimum atomic E-state index is -0.993. The molecule has 0 unspecified atom stereocenters. The number of rotatable bonds is 31. The van der Waals surface area contributed by atoms with Gasteiger partial charge in [-0.1, -0.05) is 76.2 Å². The van der Waals surface area contributed by atoms with Gasteiger partial charge >= 0.3 is 35.8 Å². The molecular formula is C64H85ClN8O20. The van der Waals surface area contributed by atoms with Crippen LogP contribution in [0.4, 0.5) is 40.1 Å². The molecule has 4 aromatic carbocycles. The highest BCUT2D eigenvalue weighted by Gasteiger charge is 2.33. The monoisotopic (exact) mass is 1320 g/mol. The number of nitrogens with zero attached hydrogens (tertiary/aromatic N) is 2. The molecule has 28 nitrogen and oxygen atoms in total. The van der Waals surface area contributed by atoms with Crippen LogP contribution in [0, 0.1) is 43.9 Å². The predicted molar refractivity (Wildman–Crippen MR) is 341 cm³/mol. The minimum absolute atomic E-state index is 0.0242. The van der Waals surface area contributed by atoms with E-state index in [9.17, 15) is 73.3 Å². The van der Waals surface area contributed by atoms with Crippen molar-refractivity contribution in [2.75, 3.05) is 13.1 Å². The number of nitrogens with two attached hydrogens (primary N) is 2. The lowest BCUT2D eigenvalue weighted by atomic mass is 9.85. The lowest BCUT2D eigenvalue weighted by Crippen LogP contribution is -2.47. The van der Waals surface area contributed by atoms with Crippen LogP contribution in [0.3, 0.4) is 0 Å². The Labute approximate surface area is 544 Å². The molecule has 0 saturated carbocycles. The Kier molecular flexibility index (Phi) is 33.9. The van der Waals surface area contributed by atoms with Gasteiger partial charge < -0.3 is 61.5 Å². The summed E-state index contributed by atoms with van der Waals surface area (Å²) >= 11 is 4.92. The topological polar surface area (TPSA) is 424 Å². The van der Waals surface area contributed by atoms with E-state index in [1.165, 1.54) is 48.5 Å². The van der Waals surface area contributed by atoms with Crippen LogP contribution in [0.2, 0.25) is 0 Å². The van der Waals surface area contributed by atoms with Gasteiger partial charge in [0.05, 0.1) is 28.5 Å². The number of nitro benzene ring substituents is 2. The number of urea groups is 2. The number of halogens is 1. The van der Waals surface area contributed by atoms with Gasteiger partial charge in [0, 0.05) is 86.5 Å². The molecule has 4 aromatic rings. The third kappa shape index (κ3) is 33.9. The molecule has 0 aliphatic rings. The van der Waals surface area contributed by atoms with E-state index >= 15 is 0 Å². The molecule has 6 amide bonds. The molecule has 0 saturated heterocycles. The fourth-order valence-corrected chi connectivity index (χ4v) is 8.65. The molecule has 0 fully saturated rings. The van der Waals surface area contributed by atoms with Crippen molar-refractivity contribution in [3.63, 3.8) is 0 Å². The Morgan fingerprint density at radius 1 is 0.527 bits per heavy atom. The lowest BCUT2D eigenvalue weighted by Gasteiger charge is -2.26. The van der Waals surface area contributed by atoms with Crippen LogP contribution in [0.1, 0.15) is 130 Å². The van der Waals surface area contributed by atoms with Crippen molar-refractivity contribution >= 4 is 81.9 Å². The number of hydrogen-bond acceptors (Lipinski definition) is 20. The second-order valence-electron chi connectivity index (χ2n) is 23.9. The van der Waals surface area contributed by atoms with Gasteiger partial charge in [-0.05, 0) is 126 Å². The van der Waals surface area contributed by atoms with Gasteiger partial charge in [-0.3, -0.25) is 39.4 Å². The van der Waals surface area contributed by atoms with E-state index in [2.05, 4.69) is 26.0 Å². The van der Waals surface area contributed by atoms with Gasteiger partial charge in [0.25, 0.3) is 11.4 Å². The first-order valence-corrected chi connectivity index (χ1v) is 30.0. The molecule has 4 atom stereocenters. The van der Waals surface area contributed by atoms with Gasteiger partial charge in [-0.25, -0.2) is 28.8 Å². The highest BCUT2D eigenvalue weighted by Crippen LogP contribution is 2.24. The number of aliphatic hydroxyl groups is 1. The number of non-ortho nitro benzene ring substituents is 2. The number of ketones is 4. The summed E-state index contributed by atoms with van der Waals surface area (Å²) in [6, 6.07) is 20.8. The zero-order valence-electron chi connectivity index (χ0n) is 53.8. The quantitative estimate of drug-likeness (QED) is 0.00468. The number of hydrogen-bond donors (Lipinski definition) is 7. The Morgan fingerprint density at radius 2 is 0.871 bits per heavy atom. The average molecular weight is 1320 g/mol. The molecular weight excluding hydrogens is 1240 g/mol. The largest absolute Gasteiger partial charge is 0.514 e. The first kappa shape index (κ1) is 79.5. The van der Waals surface area contributed by atoms with E-state index in [4.69, 9.17) is 42.0 Å². The normalized spacial score (nSPS) is 12.2. The summed E-state index contributed by atoms with van der Waals surface area (Å²) in [5, 5.41) is 40.4. The Hall–Kier alpha value is -9.57. The first-order chi connectivity index (χ1) is 43.4. The number of amides is 6. The zero-order chi connectivity index (χ0) is 70.2. The summed E-state index contributed by atoms with van der Waals surface area (Å²) in [6.07, 6.45) is -0.815. The molecule has 0 aliphatic heterocycles. The Bertz CT molecular complexity index is 3150. The molecule has 0 aromatic heterocycles. The third-order valence-electron chi connectivity index (χ3n) is 13.1. The van der Waals surface area contributed by atoms with Crippen molar-refractivity contribution < 1.29 is 86.6 Å². The predicted octanol–water partition coefficient (Wildman–Crippen LogP) is 10.2. The summed E-state index contributed by atoms with van der Waals surface area (Å²) in [6.45, 7) is 17.9. The standard InChI is InChI=1S/C32H42N4O10.C25H39N3O6.C7H4ClNO4/c1-20(2)28(35-30(40)46-32(3,4)5)27(38)18-23(7-6-16-34-29(33)39)26(37)17-21-8-10-22(11-9-21)19-44-31(41)45-25-14-12-24(13-15-25)36(42)43;1-16(2)22(28-24(33)34-25(3,4)5)21(31)14-19(7-6-12-27-23(26)32)20(30)13-17-8-10-18(15-29)11-9-17;8-7(10)13-6-3-1-5(2-4-6)9(11)12/h8-15,20,23,28H,6-7,16-19H2,1-5H3,(H,35,40)(H3,33,34,39);8-11,16,19,22,29H,6-7,12-15H2,1-5H3,(H,28,33)(H3,26,27,32);1-4H/t23-,28+;19-,22+;/m11./s1. The van der Waals surface area contributed by atoms with Crippen LogP contribution in [-0.4, -0.2) is 110 Å². The van der Waals surface area contributed by atoms with Crippen LogP contribution in [0.5, 0.6) is 11.5 Å². The number of nitro groups is 2. The van der Waals surface area contributed by atoms with Crippen molar-refractivity contribution in [1.82, 2.24) is 21.3 Å². The van der Waals surface area contributed by atoms with E-state index in [1.807, 2.05) is 13.8 Å². The van der Waals surface area contributed by atoms with Gasteiger partial charge in [-0.15, -0.1) is 0 Å². The minimum Gasteiger partial charge on any atom is -0.444 e. The van der Waals surface area contributed by atoms with Gasteiger partial charge in [0.15, 0.2) is 11.6 Å². The van der Waals surface area contributed by atoms with Crippen LogP contribution < -0.4 is 42.2 Å². The lowest BCUT2D eigenvalue weighted by molar-refractivity contribution is -0.385. The van der Waals surface area contributed by atoms with E-state index in [1.54, 1.807) is 104 Å². The van der Waals surface area contributed by atoms with Crippen molar-refractivity contribution in [3.8, 4) is 11.5 Å². The van der Waals surface area contributed by atoms with Crippen molar-refractivity contribution in [2.45, 2.75) is 157 Å². The smallest absolute Gasteiger partial charge is 0.444 e. The molecule has 29 heteroatoms. The van der Waals surface area contributed by atoms with Crippen LogP contribution in [0.25, 0.3) is 0 Å². The van der Waals surface area contributed by atoms with Crippen LogP contribution in [-0.2, 0) is 59.4 Å². The maximum atomic E-state index is 13.4. The molecule has 508 valence electrons. The molecule has 0 spiro atoms. The number of Topliss-reactive ketones (excluding diaryl/α,β-unsaturated/α-hetero) is 4. The second-order valence-corrected chi connectivity index (χ2v) is 24.2. The van der Waals surface area contributed by atoms with Crippen molar-refractivity contribution in [3.05, 3.63) is 140 Å². The maximum Gasteiger partial charge on any atom is 0.514 e. The second kappa shape index (κ2) is 39.6. The number of aliphatic hydroxyl groups excluding tert-OH is 1. The summed E-state index contributed by atoms with van der Waals surface area (Å²) < 4.78 is 25.2. The van der Waals surface area contributed by atoms with Crippen LogP contribution >= 0.6 is 11.6 Å². The van der Waals surface area contributed by atoms with E-state index < -0.39 is 80.8 Å². The number of ether oxygens (including phenoxy) is 5. The average Bonchev–Trinajstić information content (AvgIpc) is 1.10. The molecule has 0 radical (unpaired) electrons. The number of nitrogens with one attached hydrogen (secondary N) is 4. The molecule has 4 rings (SSSR count). The fraction of sp³-hybridized carbons (Fsp3) is 0.469. The fourth-order valence-electron chi connectivity index (χ4n) is 8.56. The van der Waals surface area contributed by atoms with E-state index in [-0.39, 0.29) is 103 Å². The summed E-state index contributed by atoms with van der Waals surface area (Å²) in [5.74, 6) is -2.32. The summed E-state index contributed by atoms with van der Waals surface area (Å²) in [7, 11) is 0. The van der Waals surface area contributed by atoms with Gasteiger partial charge in [0.2, 0.25) is 0 Å². The van der Waals surface area contributed by atoms with Gasteiger partial charge in [-0.2, -0.15) is 0 Å². The van der Waals surface area contributed by atoms with Crippen molar-refractivity contribution in [1.29, 1.82) is 0 Å². The number of alkyl carbamates (subject to hydrolysis) is 2. The van der Waals surface area contributed by atoms with E-state index in [0.29, 0.717) is 43.4 Å². The highest BCUT2D eigenvalue weighted by atomic mass is 35.5.